The quantitative estimate of drug-likeness (QED) is 0.582. The molecule has 0 fully saturated rings. The summed E-state index contributed by atoms with van der Waals surface area (Å²) in [4.78, 5) is 0. The van der Waals surface area contributed by atoms with Crippen LogP contribution in [0.25, 0.3) is 0 Å². The van der Waals surface area contributed by atoms with Gasteiger partial charge in [-0.15, -0.1) is 0 Å². The van der Waals surface area contributed by atoms with E-state index < -0.39 is 17.8 Å². The second kappa shape index (κ2) is 4.66. The molecule has 4 heteroatoms. The van der Waals surface area contributed by atoms with Crippen LogP contribution in [0.1, 0.15) is 34.6 Å². The molecule has 0 unspecified atom stereocenters. The van der Waals surface area contributed by atoms with Gasteiger partial charge in [0.2, 0.25) is 0 Å². The summed E-state index contributed by atoms with van der Waals surface area (Å²) >= 11 is -3.33. The van der Waals surface area contributed by atoms with E-state index in [2.05, 4.69) is 40.3 Å². The summed E-state index contributed by atoms with van der Waals surface area (Å²) in [5.74, 6) is 0. The van der Waals surface area contributed by atoms with Crippen LogP contribution in [-0.4, -0.2) is 21.3 Å². The molecular weight excluding hydrogens is 252 g/mol. The molecule has 0 saturated heterocycles. The number of hydrogen-bond acceptors (Lipinski definition) is 3. The standard InChI is InChI=1S/C10H15.3CH3O.Ti/c1-8-6-7-9(2,3)10(8,4)5;3*1-2;/h1-5H3;3*1H3;/q;3*-1;+3. The van der Waals surface area contributed by atoms with Crippen LogP contribution in [0.4, 0.5) is 0 Å². The molecule has 0 spiro atoms. The molecule has 0 bridgehead atoms. The van der Waals surface area contributed by atoms with E-state index in [1.54, 1.807) is 21.3 Å². The molecule has 0 amide bonds. The molecule has 0 aromatic heterocycles. The van der Waals surface area contributed by atoms with Crippen molar-refractivity contribution in [2.45, 2.75) is 34.6 Å². The molecule has 1 aliphatic rings. The van der Waals surface area contributed by atoms with Crippen LogP contribution < -0.4 is 0 Å². The van der Waals surface area contributed by atoms with Gasteiger partial charge in [-0.05, 0) is 0 Å². The van der Waals surface area contributed by atoms with Crippen LogP contribution in [0, 0.1) is 10.8 Å². The molecule has 0 radical (unpaired) electrons. The summed E-state index contributed by atoms with van der Waals surface area (Å²) in [6.45, 7) is 11.0. The zero-order chi connectivity index (χ0) is 13.5. The second-order valence-corrected chi connectivity index (χ2v) is 9.97. The fourth-order valence-electron chi connectivity index (χ4n) is 2.30. The third-order valence-corrected chi connectivity index (χ3v) is 9.20. The Labute approximate surface area is 110 Å². The van der Waals surface area contributed by atoms with E-state index in [0.717, 1.165) is 3.88 Å². The third kappa shape index (κ3) is 1.99. The Morgan fingerprint density at radius 1 is 0.882 bits per heavy atom. The Bertz CT molecular complexity index is 364. The number of rotatable bonds is 4. The molecular formula is C13H24O3Ti. The van der Waals surface area contributed by atoms with Gasteiger partial charge < -0.3 is 0 Å². The van der Waals surface area contributed by atoms with E-state index in [9.17, 15) is 0 Å². The van der Waals surface area contributed by atoms with Gasteiger partial charge in [0.25, 0.3) is 0 Å². The predicted octanol–water partition coefficient (Wildman–Crippen LogP) is 3.32. The average Bonchev–Trinajstić information content (AvgIpc) is 2.43. The van der Waals surface area contributed by atoms with Gasteiger partial charge in [-0.1, -0.05) is 0 Å². The van der Waals surface area contributed by atoms with Crippen LogP contribution in [0.2, 0.25) is 0 Å². The third-order valence-electron chi connectivity index (χ3n) is 4.55. The van der Waals surface area contributed by atoms with E-state index in [1.807, 2.05) is 0 Å². The van der Waals surface area contributed by atoms with Gasteiger partial charge in [-0.25, -0.2) is 0 Å². The summed E-state index contributed by atoms with van der Waals surface area (Å²) in [6.07, 6.45) is 0. The van der Waals surface area contributed by atoms with E-state index in [1.165, 1.54) is 5.57 Å². The van der Waals surface area contributed by atoms with Crippen molar-refractivity contribution < 1.29 is 27.7 Å². The first kappa shape index (κ1) is 15.2. The molecule has 0 aliphatic heterocycles. The van der Waals surface area contributed by atoms with Crippen molar-refractivity contribution in [2.24, 2.45) is 10.8 Å². The normalized spacial score (nSPS) is 22.4. The van der Waals surface area contributed by atoms with Crippen molar-refractivity contribution in [2.75, 3.05) is 21.3 Å². The van der Waals surface area contributed by atoms with Crippen LogP contribution in [0.3, 0.4) is 0 Å². The van der Waals surface area contributed by atoms with Gasteiger partial charge in [0, 0.05) is 0 Å². The maximum absolute atomic E-state index is 5.63. The van der Waals surface area contributed by atoms with Crippen molar-refractivity contribution in [1.82, 2.24) is 0 Å². The van der Waals surface area contributed by atoms with Gasteiger partial charge in [-0.2, -0.15) is 0 Å². The zero-order valence-corrected chi connectivity index (χ0v) is 13.8. The molecule has 98 valence electrons. The summed E-state index contributed by atoms with van der Waals surface area (Å²) in [6, 6.07) is 0. The first-order valence-corrected chi connectivity index (χ1v) is 8.53. The molecule has 3 nitrogen and oxygen atoms in total. The molecule has 1 rings (SSSR count). The Balaban J connectivity index is 3.38. The van der Waals surface area contributed by atoms with Gasteiger partial charge in [0.05, 0.1) is 0 Å². The Morgan fingerprint density at radius 3 is 1.53 bits per heavy atom. The van der Waals surface area contributed by atoms with Crippen molar-refractivity contribution >= 4 is 0 Å². The SMILES string of the molecule is C[O][Ti]([O]C)([O]C)[C]1=C=C(C)C(C)(C)C1(C)C. The molecule has 0 aromatic rings. The van der Waals surface area contributed by atoms with Gasteiger partial charge in [0.1, 0.15) is 0 Å². The molecule has 17 heavy (non-hydrogen) atoms. The summed E-state index contributed by atoms with van der Waals surface area (Å²) < 4.78 is 18.0. The average molecular weight is 276 g/mol. The van der Waals surface area contributed by atoms with E-state index in [0.29, 0.717) is 0 Å². The molecule has 0 aromatic carbocycles. The first-order valence-electron chi connectivity index (χ1n) is 5.84. The maximum atomic E-state index is 5.63. The fraction of sp³-hybridized carbons (Fsp3) is 0.769. The molecule has 1 aliphatic carbocycles. The molecule has 0 N–H and O–H groups in total. The van der Waals surface area contributed by atoms with Crippen LogP contribution in [-0.2, 0) is 27.7 Å². The van der Waals surface area contributed by atoms with Gasteiger partial charge in [0.15, 0.2) is 0 Å². The molecule has 0 saturated carbocycles. The van der Waals surface area contributed by atoms with Gasteiger partial charge >= 0.3 is 110 Å². The van der Waals surface area contributed by atoms with E-state index in [-0.39, 0.29) is 10.8 Å². The van der Waals surface area contributed by atoms with Crippen LogP contribution >= 0.6 is 0 Å². The van der Waals surface area contributed by atoms with Crippen LogP contribution in [0.5, 0.6) is 0 Å². The topological polar surface area (TPSA) is 27.7 Å². The minimum absolute atomic E-state index is 0.0500. The second-order valence-electron chi connectivity index (χ2n) is 5.54. The van der Waals surface area contributed by atoms with Crippen LogP contribution in [0.15, 0.2) is 15.2 Å². The summed E-state index contributed by atoms with van der Waals surface area (Å²) in [5, 5.41) is 0. The first-order chi connectivity index (χ1) is 7.69. The van der Waals surface area contributed by atoms with Gasteiger partial charge in [-0.3, -0.25) is 0 Å². The number of allylic oxidation sites excluding steroid dienone is 1. The Kier molecular flexibility index (Phi) is 4.16. The molecule has 0 heterocycles. The van der Waals surface area contributed by atoms with Crippen molar-refractivity contribution in [3.05, 3.63) is 15.2 Å². The van der Waals surface area contributed by atoms with E-state index in [4.69, 9.17) is 9.96 Å². The van der Waals surface area contributed by atoms with E-state index >= 15 is 0 Å². The fourth-order valence-corrected chi connectivity index (χ4v) is 6.25. The summed E-state index contributed by atoms with van der Waals surface area (Å²) in [5.41, 5.74) is 4.70. The van der Waals surface area contributed by atoms with Crippen molar-refractivity contribution in [3.63, 3.8) is 0 Å². The zero-order valence-electron chi connectivity index (χ0n) is 12.2. The van der Waals surface area contributed by atoms with Crippen molar-refractivity contribution in [1.29, 1.82) is 0 Å². The summed E-state index contributed by atoms with van der Waals surface area (Å²) in [7, 11) is 5.00. The predicted molar refractivity (Wildman–Crippen MR) is 64.8 cm³/mol. The Hall–Kier alpha value is 0.114. The molecule has 0 atom stereocenters. The Morgan fingerprint density at radius 2 is 1.29 bits per heavy atom. The monoisotopic (exact) mass is 276 g/mol. The number of hydrogen-bond donors (Lipinski definition) is 0. The van der Waals surface area contributed by atoms with Crippen molar-refractivity contribution in [3.8, 4) is 0 Å². The minimum atomic E-state index is -3.33.